The summed E-state index contributed by atoms with van der Waals surface area (Å²) in [6, 6.07) is 4.83. The van der Waals surface area contributed by atoms with Crippen LogP contribution in [0, 0.1) is 5.82 Å². The van der Waals surface area contributed by atoms with Gasteiger partial charge in [-0.05, 0) is 19.1 Å². The van der Waals surface area contributed by atoms with Crippen LogP contribution in [0.4, 0.5) is 10.1 Å². The smallest absolute Gasteiger partial charge is 0.136 e. The number of nitrogens with zero attached hydrogens (tertiary/aromatic N) is 1. The Morgan fingerprint density at radius 2 is 2.41 bits per heavy atom. The first-order chi connectivity index (χ1) is 8.18. The number of rotatable bonds is 4. The molecule has 2 rings (SSSR count). The standard InChI is InChI=1S/C12H16FN3O/c1-8(17)7-16-10-4-2-3-9(13)11(10)12-14-5-6-15-12/h2-4,8,16-17H,5-7H2,1H3,(H,14,15). The molecule has 3 N–H and O–H groups in total. The SMILES string of the molecule is CC(O)CNc1cccc(F)c1C1=NCCN1. The number of hydrogen-bond acceptors (Lipinski definition) is 4. The molecule has 0 saturated carbocycles. The molecule has 1 aromatic carbocycles. The summed E-state index contributed by atoms with van der Waals surface area (Å²) in [5.74, 6) is 0.268. The van der Waals surface area contributed by atoms with Crippen LogP contribution in [0.15, 0.2) is 23.2 Å². The molecule has 0 bridgehead atoms. The summed E-state index contributed by atoms with van der Waals surface area (Å²) < 4.78 is 13.8. The maximum absolute atomic E-state index is 13.8. The minimum atomic E-state index is -0.482. The fourth-order valence-electron chi connectivity index (χ4n) is 1.74. The van der Waals surface area contributed by atoms with Gasteiger partial charge in [0.25, 0.3) is 0 Å². The normalized spacial score (nSPS) is 16.3. The second kappa shape index (κ2) is 5.14. The Morgan fingerprint density at radius 3 is 3.06 bits per heavy atom. The van der Waals surface area contributed by atoms with Gasteiger partial charge in [0.1, 0.15) is 11.7 Å². The van der Waals surface area contributed by atoms with Crippen molar-refractivity contribution in [3.05, 3.63) is 29.6 Å². The van der Waals surface area contributed by atoms with Crippen LogP contribution in [0.1, 0.15) is 12.5 Å². The highest BCUT2D eigenvalue weighted by Gasteiger charge is 2.17. The lowest BCUT2D eigenvalue weighted by molar-refractivity contribution is 0.208. The van der Waals surface area contributed by atoms with Crippen LogP contribution in [0.2, 0.25) is 0 Å². The Hall–Kier alpha value is -1.62. The van der Waals surface area contributed by atoms with Gasteiger partial charge in [-0.2, -0.15) is 0 Å². The first-order valence-electron chi connectivity index (χ1n) is 5.67. The van der Waals surface area contributed by atoms with Crippen molar-refractivity contribution in [2.24, 2.45) is 4.99 Å². The second-order valence-corrected chi connectivity index (χ2v) is 4.05. The maximum atomic E-state index is 13.8. The van der Waals surface area contributed by atoms with E-state index in [9.17, 15) is 9.50 Å². The predicted molar refractivity (Wildman–Crippen MR) is 66.0 cm³/mol. The maximum Gasteiger partial charge on any atom is 0.136 e. The molecule has 0 aliphatic carbocycles. The largest absolute Gasteiger partial charge is 0.392 e. The van der Waals surface area contributed by atoms with Crippen molar-refractivity contribution >= 4 is 11.5 Å². The zero-order valence-electron chi connectivity index (χ0n) is 9.70. The van der Waals surface area contributed by atoms with E-state index in [1.54, 1.807) is 19.1 Å². The fourth-order valence-corrected chi connectivity index (χ4v) is 1.74. The van der Waals surface area contributed by atoms with Crippen LogP contribution in [-0.2, 0) is 0 Å². The van der Waals surface area contributed by atoms with Crippen molar-refractivity contribution in [2.75, 3.05) is 25.0 Å². The Kier molecular flexibility index (Phi) is 3.58. The quantitative estimate of drug-likeness (QED) is 0.731. The minimum absolute atomic E-state index is 0.311. The predicted octanol–water partition coefficient (Wildman–Crippen LogP) is 0.968. The van der Waals surface area contributed by atoms with Gasteiger partial charge >= 0.3 is 0 Å². The summed E-state index contributed by atoms with van der Waals surface area (Å²) in [4.78, 5) is 4.22. The molecule has 1 aliphatic rings. The molecular weight excluding hydrogens is 221 g/mol. The molecule has 1 atom stereocenters. The topological polar surface area (TPSA) is 56.6 Å². The van der Waals surface area contributed by atoms with Crippen molar-refractivity contribution in [3.8, 4) is 0 Å². The summed E-state index contributed by atoms with van der Waals surface area (Å²) >= 11 is 0. The van der Waals surface area contributed by atoms with E-state index < -0.39 is 6.10 Å². The number of halogens is 1. The lowest BCUT2D eigenvalue weighted by Gasteiger charge is -2.14. The number of anilines is 1. The lowest BCUT2D eigenvalue weighted by atomic mass is 10.1. The van der Waals surface area contributed by atoms with E-state index in [-0.39, 0.29) is 5.82 Å². The van der Waals surface area contributed by atoms with Crippen LogP contribution < -0.4 is 10.6 Å². The molecule has 0 aromatic heterocycles. The number of aliphatic hydroxyl groups excluding tert-OH is 1. The first kappa shape index (κ1) is 11.9. The van der Waals surface area contributed by atoms with E-state index in [1.807, 2.05) is 0 Å². The third-order valence-corrected chi connectivity index (χ3v) is 2.51. The molecule has 4 nitrogen and oxygen atoms in total. The molecule has 1 unspecified atom stereocenters. The van der Waals surface area contributed by atoms with Gasteiger partial charge in [-0.15, -0.1) is 0 Å². The second-order valence-electron chi connectivity index (χ2n) is 4.05. The molecule has 1 aromatic rings. The Balaban J connectivity index is 2.27. The third-order valence-electron chi connectivity index (χ3n) is 2.51. The van der Waals surface area contributed by atoms with Crippen LogP contribution in [0.5, 0.6) is 0 Å². The summed E-state index contributed by atoms with van der Waals surface area (Å²) in [6.07, 6.45) is -0.482. The number of aliphatic imine (C=N–C) groups is 1. The highest BCUT2D eigenvalue weighted by Crippen LogP contribution is 2.20. The number of hydrogen-bond donors (Lipinski definition) is 3. The molecule has 0 radical (unpaired) electrons. The molecule has 0 spiro atoms. The average Bonchev–Trinajstić information content (AvgIpc) is 2.79. The highest BCUT2D eigenvalue weighted by atomic mass is 19.1. The first-order valence-corrected chi connectivity index (χ1v) is 5.67. The molecule has 5 heteroatoms. The van der Waals surface area contributed by atoms with Gasteiger partial charge < -0.3 is 15.7 Å². The average molecular weight is 237 g/mol. The van der Waals surface area contributed by atoms with Crippen LogP contribution in [-0.4, -0.2) is 36.7 Å². The number of aliphatic hydroxyl groups is 1. The van der Waals surface area contributed by atoms with E-state index >= 15 is 0 Å². The van der Waals surface area contributed by atoms with Gasteiger partial charge in [0.15, 0.2) is 0 Å². The van der Waals surface area contributed by atoms with Crippen LogP contribution in [0.25, 0.3) is 0 Å². The van der Waals surface area contributed by atoms with E-state index in [2.05, 4.69) is 15.6 Å². The van der Waals surface area contributed by atoms with Gasteiger partial charge in [0.05, 0.1) is 18.2 Å². The molecule has 0 saturated heterocycles. The van der Waals surface area contributed by atoms with Crippen molar-refractivity contribution in [1.29, 1.82) is 0 Å². The highest BCUT2D eigenvalue weighted by molar-refractivity contribution is 6.04. The van der Waals surface area contributed by atoms with Crippen LogP contribution in [0.3, 0.4) is 0 Å². The molecular formula is C12H16FN3O. The molecule has 92 valence electrons. The number of nitrogens with one attached hydrogen (secondary N) is 2. The van der Waals surface area contributed by atoms with Gasteiger partial charge in [0.2, 0.25) is 0 Å². The van der Waals surface area contributed by atoms with Crippen LogP contribution >= 0.6 is 0 Å². The number of amidine groups is 1. The fraction of sp³-hybridized carbons (Fsp3) is 0.417. The minimum Gasteiger partial charge on any atom is -0.392 e. The van der Waals surface area contributed by atoms with Gasteiger partial charge in [-0.25, -0.2) is 4.39 Å². The van der Waals surface area contributed by atoms with Gasteiger partial charge in [-0.3, -0.25) is 4.99 Å². The van der Waals surface area contributed by atoms with E-state index in [0.717, 1.165) is 6.54 Å². The van der Waals surface area contributed by atoms with Crippen molar-refractivity contribution < 1.29 is 9.50 Å². The molecule has 1 aliphatic heterocycles. The summed E-state index contributed by atoms with van der Waals surface area (Å²) in [6.45, 7) is 3.46. The molecule has 0 fully saturated rings. The monoisotopic (exact) mass is 237 g/mol. The molecule has 0 amide bonds. The van der Waals surface area contributed by atoms with Gasteiger partial charge in [-0.1, -0.05) is 6.07 Å². The lowest BCUT2D eigenvalue weighted by Crippen LogP contribution is -2.24. The zero-order valence-corrected chi connectivity index (χ0v) is 9.70. The Bertz CT molecular complexity index is 432. The zero-order chi connectivity index (χ0) is 12.3. The summed E-state index contributed by atoms with van der Waals surface area (Å²) in [7, 11) is 0. The Labute approximate surface area is 99.6 Å². The number of benzene rings is 1. The Morgan fingerprint density at radius 1 is 1.59 bits per heavy atom. The molecule has 17 heavy (non-hydrogen) atoms. The third kappa shape index (κ3) is 2.74. The summed E-state index contributed by atoms with van der Waals surface area (Å²) in [5, 5.41) is 15.3. The molecule has 1 heterocycles. The van der Waals surface area contributed by atoms with E-state index in [0.29, 0.717) is 30.2 Å². The van der Waals surface area contributed by atoms with Crippen molar-refractivity contribution in [1.82, 2.24) is 5.32 Å². The van der Waals surface area contributed by atoms with E-state index in [4.69, 9.17) is 0 Å². The van der Waals surface area contributed by atoms with Crippen molar-refractivity contribution in [3.63, 3.8) is 0 Å². The van der Waals surface area contributed by atoms with Gasteiger partial charge in [0, 0.05) is 18.8 Å². The summed E-state index contributed by atoms with van der Waals surface area (Å²) in [5.41, 5.74) is 1.10. The van der Waals surface area contributed by atoms with E-state index in [1.165, 1.54) is 6.07 Å². The van der Waals surface area contributed by atoms with Crippen molar-refractivity contribution in [2.45, 2.75) is 13.0 Å².